The monoisotopic (exact) mass is 211 g/mol. The zero-order valence-corrected chi connectivity index (χ0v) is 10.2. The molecule has 2 heteroatoms. The van der Waals surface area contributed by atoms with E-state index >= 15 is 0 Å². The molecule has 0 spiro atoms. The van der Waals surface area contributed by atoms with E-state index in [0.29, 0.717) is 6.10 Å². The summed E-state index contributed by atoms with van der Waals surface area (Å²) in [6.45, 7) is 9.45. The molecule has 0 saturated carbocycles. The molecule has 0 N–H and O–H groups in total. The van der Waals surface area contributed by atoms with Crippen molar-refractivity contribution in [2.24, 2.45) is 11.8 Å². The number of likely N-dealkylation sites (tertiary alicyclic amines) is 1. The van der Waals surface area contributed by atoms with Gasteiger partial charge in [-0.15, -0.1) is 0 Å². The zero-order valence-electron chi connectivity index (χ0n) is 10.2. The van der Waals surface area contributed by atoms with Gasteiger partial charge in [-0.2, -0.15) is 0 Å². The highest BCUT2D eigenvalue weighted by atomic mass is 16.5. The molecule has 88 valence electrons. The van der Waals surface area contributed by atoms with E-state index in [-0.39, 0.29) is 0 Å². The Morgan fingerprint density at radius 3 is 2.53 bits per heavy atom. The SMILES string of the molecule is CC1CCN(CC2OCCCC2C)CC1. The first-order valence-corrected chi connectivity index (χ1v) is 6.59. The molecular weight excluding hydrogens is 186 g/mol. The van der Waals surface area contributed by atoms with Gasteiger partial charge in [0.2, 0.25) is 0 Å². The van der Waals surface area contributed by atoms with Crippen LogP contribution in [0.4, 0.5) is 0 Å². The van der Waals surface area contributed by atoms with Crippen molar-refractivity contribution in [2.45, 2.75) is 45.6 Å². The fourth-order valence-corrected chi connectivity index (χ4v) is 2.72. The number of nitrogens with zero attached hydrogens (tertiary/aromatic N) is 1. The Labute approximate surface area is 94.0 Å². The molecule has 2 nitrogen and oxygen atoms in total. The number of ether oxygens (including phenoxy) is 1. The van der Waals surface area contributed by atoms with Crippen LogP contribution in [-0.4, -0.2) is 37.2 Å². The van der Waals surface area contributed by atoms with Gasteiger partial charge >= 0.3 is 0 Å². The smallest absolute Gasteiger partial charge is 0.0727 e. The van der Waals surface area contributed by atoms with Crippen molar-refractivity contribution in [3.05, 3.63) is 0 Å². The van der Waals surface area contributed by atoms with Gasteiger partial charge in [0.25, 0.3) is 0 Å². The van der Waals surface area contributed by atoms with E-state index in [1.807, 2.05) is 0 Å². The molecule has 2 saturated heterocycles. The molecule has 2 aliphatic rings. The molecule has 2 aliphatic heterocycles. The lowest BCUT2D eigenvalue weighted by molar-refractivity contribution is -0.0422. The third-order valence-electron chi connectivity index (χ3n) is 4.08. The first-order chi connectivity index (χ1) is 7.25. The number of rotatable bonds is 2. The maximum atomic E-state index is 5.88. The summed E-state index contributed by atoms with van der Waals surface area (Å²) in [7, 11) is 0. The van der Waals surface area contributed by atoms with E-state index in [4.69, 9.17) is 4.74 Å². The molecule has 0 aliphatic carbocycles. The Morgan fingerprint density at radius 1 is 1.13 bits per heavy atom. The largest absolute Gasteiger partial charge is 0.377 e. The minimum absolute atomic E-state index is 0.507. The van der Waals surface area contributed by atoms with Crippen LogP contribution in [0.1, 0.15) is 39.5 Å². The molecule has 0 aromatic heterocycles. The molecule has 0 aromatic rings. The maximum absolute atomic E-state index is 5.88. The summed E-state index contributed by atoms with van der Waals surface area (Å²) in [5.41, 5.74) is 0. The van der Waals surface area contributed by atoms with Gasteiger partial charge in [-0.25, -0.2) is 0 Å². The van der Waals surface area contributed by atoms with Crippen molar-refractivity contribution in [1.29, 1.82) is 0 Å². The third-order valence-corrected chi connectivity index (χ3v) is 4.08. The molecule has 2 atom stereocenters. The normalized spacial score (nSPS) is 35.6. The molecular formula is C13H25NO. The van der Waals surface area contributed by atoms with Crippen LogP contribution in [0.3, 0.4) is 0 Å². The van der Waals surface area contributed by atoms with Gasteiger partial charge in [0.05, 0.1) is 6.10 Å². The van der Waals surface area contributed by atoms with Crippen molar-refractivity contribution in [3.8, 4) is 0 Å². The van der Waals surface area contributed by atoms with Crippen molar-refractivity contribution >= 4 is 0 Å². The minimum Gasteiger partial charge on any atom is -0.377 e. The minimum atomic E-state index is 0.507. The van der Waals surface area contributed by atoms with Crippen LogP contribution in [0.15, 0.2) is 0 Å². The molecule has 0 bridgehead atoms. The highest BCUT2D eigenvalue weighted by Gasteiger charge is 2.25. The molecule has 0 amide bonds. The summed E-state index contributed by atoms with van der Waals surface area (Å²) in [6, 6.07) is 0. The number of hydrogen-bond acceptors (Lipinski definition) is 2. The van der Waals surface area contributed by atoms with Crippen LogP contribution in [0.5, 0.6) is 0 Å². The lowest BCUT2D eigenvalue weighted by atomic mass is 9.94. The Bertz CT molecular complexity index is 187. The highest BCUT2D eigenvalue weighted by Crippen LogP contribution is 2.23. The summed E-state index contributed by atoms with van der Waals surface area (Å²) in [5, 5.41) is 0. The topological polar surface area (TPSA) is 12.5 Å². The Hall–Kier alpha value is -0.0800. The van der Waals surface area contributed by atoms with Crippen LogP contribution in [0.2, 0.25) is 0 Å². The second kappa shape index (κ2) is 5.31. The van der Waals surface area contributed by atoms with Gasteiger partial charge in [-0.1, -0.05) is 13.8 Å². The van der Waals surface area contributed by atoms with Gasteiger partial charge in [0, 0.05) is 13.2 Å². The number of piperidine rings is 1. The second-order valence-corrected chi connectivity index (χ2v) is 5.51. The second-order valence-electron chi connectivity index (χ2n) is 5.51. The maximum Gasteiger partial charge on any atom is 0.0727 e. The van der Waals surface area contributed by atoms with Gasteiger partial charge in [0.15, 0.2) is 0 Å². The fourth-order valence-electron chi connectivity index (χ4n) is 2.72. The van der Waals surface area contributed by atoms with Crippen LogP contribution >= 0.6 is 0 Å². The first-order valence-electron chi connectivity index (χ1n) is 6.59. The zero-order chi connectivity index (χ0) is 10.7. The van der Waals surface area contributed by atoms with E-state index in [2.05, 4.69) is 18.7 Å². The van der Waals surface area contributed by atoms with Crippen molar-refractivity contribution < 1.29 is 4.74 Å². The highest BCUT2D eigenvalue weighted by molar-refractivity contribution is 4.77. The lowest BCUT2D eigenvalue weighted by Crippen LogP contribution is -2.43. The Morgan fingerprint density at radius 2 is 1.87 bits per heavy atom. The summed E-state index contributed by atoms with van der Waals surface area (Å²) >= 11 is 0. The van der Waals surface area contributed by atoms with Crippen molar-refractivity contribution in [2.75, 3.05) is 26.2 Å². The third kappa shape index (κ3) is 3.18. The molecule has 15 heavy (non-hydrogen) atoms. The van der Waals surface area contributed by atoms with E-state index in [9.17, 15) is 0 Å². The quantitative estimate of drug-likeness (QED) is 0.696. The number of hydrogen-bond donors (Lipinski definition) is 0. The predicted octanol–water partition coefficient (Wildman–Crippen LogP) is 2.53. The van der Waals surface area contributed by atoms with Crippen molar-refractivity contribution in [3.63, 3.8) is 0 Å². The summed E-state index contributed by atoms with van der Waals surface area (Å²) in [4.78, 5) is 2.60. The molecule has 0 radical (unpaired) electrons. The first kappa shape index (κ1) is 11.4. The lowest BCUT2D eigenvalue weighted by Gasteiger charge is -2.36. The molecule has 2 unspecified atom stereocenters. The molecule has 2 rings (SSSR count). The summed E-state index contributed by atoms with van der Waals surface area (Å²) in [5.74, 6) is 1.70. The average Bonchev–Trinajstić information content (AvgIpc) is 2.25. The van der Waals surface area contributed by atoms with Crippen LogP contribution in [0.25, 0.3) is 0 Å². The van der Waals surface area contributed by atoms with E-state index in [1.54, 1.807) is 0 Å². The fraction of sp³-hybridized carbons (Fsp3) is 1.00. The average molecular weight is 211 g/mol. The van der Waals surface area contributed by atoms with E-state index < -0.39 is 0 Å². The van der Waals surface area contributed by atoms with Gasteiger partial charge in [0.1, 0.15) is 0 Å². The van der Waals surface area contributed by atoms with Gasteiger partial charge in [-0.05, 0) is 50.6 Å². The molecule has 2 heterocycles. The van der Waals surface area contributed by atoms with Gasteiger partial charge in [-0.3, -0.25) is 0 Å². The Balaban J connectivity index is 1.75. The van der Waals surface area contributed by atoms with E-state index in [1.165, 1.54) is 45.3 Å². The van der Waals surface area contributed by atoms with E-state index in [0.717, 1.165) is 18.4 Å². The van der Waals surface area contributed by atoms with Crippen LogP contribution < -0.4 is 0 Å². The summed E-state index contributed by atoms with van der Waals surface area (Å²) < 4.78 is 5.88. The summed E-state index contributed by atoms with van der Waals surface area (Å²) in [6.07, 6.45) is 5.87. The van der Waals surface area contributed by atoms with Crippen LogP contribution in [-0.2, 0) is 4.74 Å². The van der Waals surface area contributed by atoms with Gasteiger partial charge < -0.3 is 9.64 Å². The molecule has 0 aromatic carbocycles. The predicted molar refractivity (Wildman–Crippen MR) is 63.0 cm³/mol. The standard InChI is InChI=1S/C13H25NO/c1-11-5-7-14(8-6-11)10-13-12(2)4-3-9-15-13/h11-13H,3-10H2,1-2H3. The Kier molecular flexibility index (Phi) is 4.04. The van der Waals surface area contributed by atoms with Crippen LogP contribution in [0, 0.1) is 11.8 Å². The van der Waals surface area contributed by atoms with Crippen molar-refractivity contribution in [1.82, 2.24) is 4.90 Å². The molecule has 2 fully saturated rings.